The molecule has 1 heteroatoms. The molecular weight excluding hydrogens is 231 g/mol. The van der Waals surface area contributed by atoms with Crippen molar-refractivity contribution in [3.63, 3.8) is 0 Å². The number of hydrogen-bond acceptors (Lipinski definition) is 0. The highest BCUT2D eigenvalue weighted by Gasteiger charge is 2.35. The average Bonchev–Trinajstić information content (AvgIpc) is 2.46. The van der Waals surface area contributed by atoms with Crippen LogP contribution in [-0.4, -0.2) is 14.1 Å². The molecule has 0 radical (unpaired) electrons. The smallest absolute Gasteiger partial charge is 0.0935 e. The maximum Gasteiger partial charge on any atom is 0.268 e. The number of hydrogen-bond donors (Lipinski definition) is 0. The maximum atomic E-state index is 2.36. The van der Waals surface area contributed by atoms with Gasteiger partial charge in [-0.05, 0) is 0 Å². The van der Waals surface area contributed by atoms with E-state index in [1.807, 2.05) is 0 Å². The molecule has 104 valence electrons. The van der Waals surface area contributed by atoms with E-state index in [1.165, 1.54) is 35.2 Å². The molecule has 2 saturated carbocycles. The van der Waals surface area contributed by atoms with E-state index in [0.717, 1.165) is 0 Å². The molecule has 18 heavy (non-hydrogen) atoms. The summed E-state index contributed by atoms with van der Waals surface area (Å²) in [6, 6.07) is 0. The third kappa shape index (κ3) is 4.57. The third-order valence-electron chi connectivity index (χ3n) is 5.65. The van der Waals surface area contributed by atoms with E-state index in [1.54, 1.807) is 63.1 Å². The van der Waals surface area contributed by atoms with Crippen LogP contribution in [0.25, 0.3) is 0 Å². The molecule has 0 nitrogen and oxygen atoms in total. The normalized spacial score (nSPS) is 23.2. The van der Waals surface area contributed by atoms with Crippen LogP contribution in [0, 0.1) is 0 Å². The van der Waals surface area contributed by atoms with Crippen LogP contribution in [0.15, 0.2) is 0 Å². The summed E-state index contributed by atoms with van der Waals surface area (Å²) in [5.41, 5.74) is 0. The van der Waals surface area contributed by atoms with Crippen LogP contribution in [0.2, 0.25) is 14.8 Å². The van der Waals surface area contributed by atoms with Gasteiger partial charge in [-0.25, -0.2) is 0 Å². The van der Waals surface area contributed by atoms with E-state index in [0.29, 0.717) is 0 Å². The Labute approximate surface area is 119 Å². The van der Waals surface area contributed by atoms with E-state index in [2.05, 4.69) is 6.92 Å². The van der Waals surface area contributed by atoms with Crippen molar-refractivity contribution in [2.75, 3.05) is 0 Å². The van der Waals surface area contributed by atoms with E-state index < -0.39 is 14.1 Å². The fourth-order valence-corrected chi connectivity index (χ4v) is 9.74. The second-order valence-corrected chi connectivity index (χ2v) is 10.7. The zero-order chi connectivity index (χ0) is 12.6. The summed E-state index contributed by atoms with van der Waals surface area (Å²) in [7, 11) is 0. The molecule has 2 aliphatic carbocycles. The molecule has 0 amide bonds. The second kappa shape index (κ2) is 8.65. The minimum absolute atomic E-state index is 0.428. The first-order chi connectivity index (χ1) is 8.92. The van der Waals surface area contributed by atoms with Gasteiger partial charge in [-0.15, -0.1) is 0 Å². The van der Waals surface area contributed by atoms with Crippen molar-refractivity contribution in [1.82, 2.24) is 0 Å². The minimum atomic E-state index is -0.428. The van der Waals surface area contributed by atoms with Gasteiger partial charge < -0.3 is 0 Å². The van der Waals surface area contributed by atoms with Crippen LogP contribution in [0.3, 0.4) is 0 Å². The van der Waals surface area contributed by atoms with Crippen LogP contribution in [0.5, 0.6) is 0 Å². The van der Waals surface area contributed by atoms with Crippen molar-refractivity contribution in [2.45, 2.75) is 105 Å². The van der Waals surface area contributed by atoms with E-state index in [-0.39, 0.29) is 0 Å². The van der Waals surface area contributed by atoms with Gasteiger partial charge in [0.25, 0.3) is 14.1 Å². The van der Waals surface area contributed by atoms with Crippen molar-refractivity contribution in [2.24, 2.45) is 0 Å². The van der Waals surface area contributed by atoms with Crippen LogP contribution >= 0.6 is 0 Å². The van der Waals surface area contributed by atoms with E-state index >= 15 is 0 Å². The molecule has 0 aromatic rings. The zero-order valence-electron chi connectivity index (χ0n) is 12.6. The lowest BCUT2D eigenvalue weighted by molar-refractivity contribution is 0.459. The Balaban J connectivity index is 1.87. The lowest BCUT2D eigenvalue weighted by atomic mass is 9.99. The molecule has 0 atom stereocenters. The van der Waals surface area contributed by atoms with Crippen molar-refractivity contribution < 1.29 is 0 Å². The predicted octanol–water partition coefficient (Wildman–Crippen LogP) is 6.34. The van der Waals surface area contributed by atoms with Crippen molar-refractivity contribution in [3.05, 3.63) is 0 Å². The Morgan fingerprint density at radius 2 is 1.22 bits per heavy atom. The molecule has 0 spiro atoms. The molecule has 0 bridgehead atoms. The highest BCUT2D eigenvalue weighted by atomic mass is 27.2. The fourth-order valence-electron chi connectivity index (χ4n) is 4.61. The lowest BCUT2D eigenvalue weighted by Crippen LogP contribution is -2.30. The van der Waals surface area contributed by atoms with Crippen LogP contribution < -0.4 is 0 Å². The predicted molar refractivity (Wildman–Crippen MR) is 83.8 cm³/mol. The Morgan fingerprint density at radius 1 is 0.722 bits per heavy atom. The van der Waals surface area contributed by atoms with Crippen molar-refractivity contribution >= 4 is 14.1 Å². The summed E-state index contributed by atoms with van der Waals surface area (Å²) >= 11 is -0.428. The summed E-state index contributed by atoms with van der Waals surface area (Å²) in [5.74, 6) is 0. The highest BCUT2D eigenvalue weighted by molar-refractivity contribution is 6.62. The Bertz CT molecular complexity index is 184. The molecule has 2 fully saturated rings. The number of unbranched alkanes of at least 4 members (excludes halogenated alkanes) is 2. The zero-order valence-corrected chi connectivity index (χ0v) is 13.8. The SMILES string of the molecule is CCCC[CH2][Al]([CH]1CCCCC1)[CH]1CCCCC1. The van der Waals surface area contributed by atoms with Gasteiger partial charge in [0.15, 0.2) is 0 Å². The largest absolute Gasteiger partial charge is 0.268 e. The highest BCUT2D eigenvalue weighted by Crippen LogP contribution is 2.43. The second-order valence-electron chi connectivity index (χ2n) is 6.96. The third-order valence-corrected chi connectivity index (χ3v) is 10.5. The molecule has 0 aliphatic heterocycles. The molecule has 0 heterocycles. The van der Waals surface area contributed by atoms with Crippen molar-refractivity contribution in [3.8, 4) is 0 Å². The van der Waals surface area contributed by atoms with Crippen LogP contribution in [0.1, 0.15) is 90.4 Å². The van der Waals surface area contributed by atoms with Gasteiger partial charge in [0.1, 0.15) is 0 Å². The Morgan fingerprint density at radius 3 is 1.67 bits per heavy atom. The maximum absolute atomic E-state index is 2.36. The summed E-state index contributed by atoms with van der Waals surface area (Å²) < 4.78 is 2.50. The van der Waals surface area contributed by atoms with Gasteiger partial charge in [0.2, 0.25) is 0 Å². The monoisotopic (exact) mass is 264 g/mol. The summed E-state index contributed by atoms with van der Waals surface area (Å²) in [5, 5.41) is 1.70. The van der Waals surface area contributed by atoms with Gasteiger partial charge in [-0.2, -0.15) is 0 Å². The Hall–Kier alpha value is 0.532. The first-order valence-corrected chi connectivity index (χ1v) is 11.1. The van der Waals surface area contributed by atoms with Crippen molar-refractivity contribution in [1.29, 1.82) is 0 Å². The number of rotatable bonds is 6. The molecule has 0 saturated heterocycles. The Kier molecular flexibility index (Phi) is 7.18. The van der Waals surface area contributed by atoms with Gasteiger partial charge in [0, 0.05) is 0 Å². The van der Waals surface area contributed by atoms with E-state index in [4.69, 9.17) is 0 Å². The quantitative estimate of drug-likeness (QED) is 0.388. The fraction of sp³-hybridized carbons (Fsp3) is 1.00. The topological polar surface area (TPSA) is 0 Å². The molecule has 0 N–H and O–H groups in total. The van der Waals surface area contributed by atoms with E-state index in [9.17, 15) is 0 Å². The van der Waals surface area contributed by atoms with Gasteiger partial charge in [-0.3, -0.25) is 0 Å². The average molecular weight is 264 g/mol. The molecule has 2 rings (SSSR count). The molecule has 2 aliphatic rings. The molecule has 0 aromatic carbocycles. The standard InChI is InChI=1S/2C6H11.C5H11.Al/c2*1-2-4-6-5-3-1;1-3-5-4-2;/h2*1H,2-6H2;1,3-5H2,2H3;. The van der Waals surface area contributed by atoms with Gasteiger partial charge in [-0.1, -0.05) is 105 Å². The summed E-state index contributed by atoms with van der Waals surface area (Å²) in [6.07, 6.45) is 20.3. The molecule has 0 aromatic heterocycles. The first-order valence-electron chi connectivity index (χ1n) is 8.92. The summed E-state index contributed by atoms with van der Waals surface area (Å²) in [6.45, 7) is 2.36. The van der Waals surface area contributed by atoms with Crippen LogP contribution in [-0.2, 0) is 0 Å². The molecular formula is C17H33Al. The first kappa shape index (κ1) is 14.9. The van der Waals surface area contributed by atoms with Crippen LogP contribution in [0.4, 0.5) is 0 Å². The summed E-state index contributed by atoms with van der Waals surface area (Å²) in [4.78, 5) is 0. The molecule has 0 unspecified atom stereocenters. The van der Waals surface area contributed by atoms with Gasteiger partial charge in [0.05, 0.1) is 0 Å². The lowest BCUT2D eigenvalue weighted by Gasteiger charge is -2.34. The minimum Gasteiger partial charge on any atom is -0.0935 e. The van der Waals surface area contributed by atoms with Gasteiger partial charge >= 0.3 is 0 Å².